The van der Waals surface area contributed by atoms with E-state index in [2.05, 4.69) is 33.2 Å². The Morgan fingerprint density at radius 3 is 2.89 bits per heavy atom. The van der Waals surface area contributed by atoms with Crippen molar-refractivity contribution >= 4 is 16.8 Å². The van der Waals surface area contributed by atoms with Crippen LogP contribution in [-0.4, -0.2) is 40.8 Å². The molecular formula is C21H29N3O3. The Morgan fingerprint density at radius 1 is 1.33 bits per heavy atom. The molecule has 6 heteroatoms. The Bertz CT molecular complexity index is 793. The number of pyridine rings is 1. The van der Waals surface area contributed by atoms with Crippen molar-refractivity contribution in [1.82, 2.24) is 14.9 Å². The number of hydrogen-bond acceptors (Lipinski definition) is 4. The molecule has 27 heavy (non-hydrogen) atoms. The molecule has 1 N–H and O–H groups in total. The summed E-state index contributed by atoms with van der Waals surface area (Å²) in [5.41, 5.74) is 1.22. The molecule has 0 aromatic carbocycles. The first-order valence-electron chi connectivity index (χ1n) is 10.0. The molecule has 2 aliphatic rings. The fraction of sp³-hybridized carbons (Fsp3) is 0.619. The number of ether oxygens (including phenoxy) is 2. The Morgan fingerprint density at radius 2 is 2.15 bits per heavy atom. The molecule has 146 valence electrons. The van der Waals surface area contributed by atoms with Gasteiger partial charge in [0.25, 0.3) is 0 Å². The fourth-order valence-electron chi connectivity index (χ4n) is 3.76. The third-order valence-electron chi connectivity index (χ3n) is 5.49. The zero-order chi connectivity index (χ0) is 18.8. The molecule has 0 saturated heterocycles. The lowest BCUT2D eigenvalue weighted by Crippen LogP contribution is -2.40. The third-order valence-corrected chi connectivity index (χ3v) is 5.49. The van der Waals surface area contributed by atoms with Crippen molar-refractivity contribution in [3.63, 3.8) is 0 Å². The summed E-state index contributed by atoms with van der Waals surface area (Å²) >= 11 is 0. The summed E-state index contributed by atoms with van der Waals surface area (Å²) in [6, 6.07) is 4.25. The largest absolute Gasteiger partial charge is 0.477 e. The first-order chi connectivity index (χ1) is 13.1. The van der Waals surface area contributed by atoms with Crippen LogP contribution in [0.15, 0.2) is 24.5 Å². The molecule has 2 aromatic heterocycles. The number of amides is 1. The standard InChI is InChI=1S/C21H29N3O3/c1-14(23-15(2)25)12-26-18-9-17(10-18)13-27-21-19-6-8-24(11-16-3-4-16)20(19)5-7-22-21/h5-8,14,16-18H,3-4,9-13H2,1-2H3,(H,23,25)/t14-,17?,18?/m0/s1. The molecule has 6 nitrogen and oxygen atoms in total. The van der Waals surface area contributed by atoms with Gasteiger partial charge in [-0.25, -0.2) is 4.98 Å². The molecule has 0 spiro atoms. The molecule has 2 aromatic rings. The molecule has 2 aliphatic carbocycles. The van der Waals surface area contributed by atoms with Gasteiger partial charge in [-0.15, -0.1) is 0 Å². The Balaban J connectivity index is 1.23. The molecule has 2 heterocycles. The van der Waals surface area contributed by atoms with Crippen molar-refractivity contribution < 1.29 is 14.3 Å². The van der Waals surface area contributed by atoms with Gasteiger partial charge >= 0.3 is 0 Å². The van der Waals surface area contributed by atoms with E-state index >= 15 is 0 Å². The van der Waals surface area contributed by atoms with E-state index in [1.54, 1.807) is 0 Å². The molecule has 0 unspecified atom stereocenters. The number of carbonyl (C=O) groups is 1. The first-order valence-corrected chi connectivity index (χ1v) is 10.0. The molecule has 0 radical (unpaired) electrons. The highest BCUT2D eigenvalue weighted by Gasteiger charge is 2.31. The lowest BCUT2D eigenvalue weighted by atomic mass is 9.83. The van der Waals surface area contributed by atoms with E-state index in [9.17, 15) is 4.79 Å². The average Bonchev–Trinajstić information content (AvgIpc) is 3.31. The molecule has 0 bridgehead atoms. The monoisotopic (exact) mass is 371 g/mol. The van der Waals surface area contributed by atoms with E-state index in [0.717, 1.165) is 36.6 Å². The van der Waals surface area contributed by atoms with Crippen molar-refractivity contribution in [2.75, 3.05) is 13.2 Å². The number of hydrogen-bond donors (Lipinski definition) is 1. The SMILES string of the molecule is CC(=O)N[C@@H](C)COC1CC(COc2nccc3c2ccn3CC2CC2)C1. The predicted octanol–water partition coefficient (Wildman–Crippen LogP) is 3.14. The van der Waals surface area contributed by atoms with Gasteiger partial charge in [-0.3, -0.25) is 4.79 Å². The summed E-state index contributed by atoms with van der Waals surface area (Å²) in [5.74, 6) is 2.08. The lowest BCUT2D eigenvalue weighted by Gasteiger charge is -2.35. The van der Waals surface area contributed by atoms with Gasteiger partial charge in [0, 0.05) is 31.9 Å². The minimum Gasteiger partial charge on any atom is -0.477 e. The second kappa shape index (κ2) is 7.89. The maximum Gasteiger partial charge on any atom is 0.222 e. The van der Waals surface area contributed by atoms with Crippen LogP contribution in [0.2, 0.25) is 0 Å². The summed E-state index contributed by atoms with van der Waals surface area (Å²) in [6.07, 6.45) is 8.98. The van der Waals surface area contributed by atoms with Gasteiger partial charge in [-0.05, 0) is 56.6 Å². The van der Waals surface area contributed by atoms with Crippen LogP contribution in [0.3, 0.4) is 0 Å². The second-order valence-electron chi connectivity index (χ2n) is 8.17. The number of aromatic nitrogens is 2. The number of fused-ring (bicyclic) bond motifs is 1. The lowest BCUT2D eigenvalue weighted by molar-refractivity contribution is -0.120. The minimum absolute atomic E-state index is 0.0152. The number of nitrogens with one attached hydrogen (secondary N) is 1. The maximum atomic E-state index is 11.0. The van der Waals surface area contributed by atoms with E-state index in [-0.39, 0.29) is 18.1 Å². The zero-order valence-electron chi connectivity index (χ0n) is 16.2. The van der Waals surface area contributed by atoms with Crippen molar-refractivity contribution in [2.45, 2.75) is 58.2 Å². The molecule has 2 fully saturated rings. The Labute approximate surface area is 160 Å². The van der Waals surface area contributed by atoms with Gasteiger partial charge in [-0.1, -0.05) is 0 Å². The zero-order valence-corrected chi connectivity index (χ0v) is 16.2. The topological polar surface area (TPSA) is 65.4 Å². The number of rotatable bonds is 9. The third kappa shape index (κ3) is 4.61. The Hall–Kier alpha value is -2.08. The highest BCUT2D eigenvalue weighted by atomic mass is 16.5. The summed E-state index contributed by atoms with van der Waals surface area (Å²) in [6.45, 7) is 5.84. The van der Waals surface area contributed by atoms with Crippen LogP contribution in [0.4, 0.5) is 0 Å². The van der Waals surface area contributed by atoms with E-state index in [1.807, 2.05) is 13.1 Å². The quantitative estimate of drug-likeness (QED) is 0.735. The van der Waals surface area contributed by atoms with Crippen LogP contribution in [-0.2, 0) is 16.1 Å². The van der Waals surface area contributed by atoms with Crippen LogP contribution in [0, 0.1) is 11.8 Å². The highest BCUT2D eigenvalue weighted by molar-refractivity contribution is 5.84. The summed E-state index contributed by atoms with van der Waals surface area (Å²) < 4.78 is 14.2. The van der Waals surface area contributed by atoms with Crippen LogP contribution < -0.4 is 10.1 Å². The van der Waals surface area contributed by atoms with E-state index in [4.69, 9.17) is 9.47 Å². The van der Waals surface area contributed by atoms with Crippen LogP contribution in [0.5, 0.6) is 5.88 Å². The summed E-state index contributed by atoms with van der Waals surface area (Å²) in [5, 5.41) is 3.95. The van der Waals surface area contributed by atoms with Gasteiger partial charge in [0.2, 0.25) is 11.8 Å². The molecule has 1 atom stereocenters. The number of carbonyl (C=O) groups excluding carboxylic acids is 1. The van der Waals surface area contributed by atoms with E-state index in [1.165, 1.54) is 25.3 Å². The van der Waals surface area contributed by atoms with Crippen molar-refractivity contribution in [3.05, 3.63) is 24.5 Å². The first kappa shape index (κ1) is 18.3. The highest BCUT2D eigenvalue weighted by Crippen LogP contribution is 2.34. The van der Waals surface area contributed by atoms with E-state index < -0.39 is 0 Å². The van der Waals surface area contributed by atoms with Gasteiger partial charge in [0.15, 0.2) is 0 Å². The van der Waals surface area contributed by atoms with Gasteiger partial charge in [0.1, 0.15) is 0 Å². The van der Waals surface area contributed by atoms with Crippen molar-refractivity contribution in [1.29, 1.82) is 0 Å². The molecular weight excluding hydrogens is 342 g/mol. The second-order valence-corrected chi connectivity index (χ2v) is 8.17. The smallest absolute Gasteiger partial charge is 0.222 e. The molecule has 2 saturated carbocycles. The minimum atomic E-state index is -0.0152. The summed E-state index contributed by atoms with van der Waals surface area (Å²) in [7, 11) is 0. The van der Waals surface area contributed by atoms with E-state index in [0.29, 0.717) is 19.1 Å². The summed E-state index contributed by atoms with van der Waals surface area (Å²) in [4.78, 5) is 15.5. The van der Waals surface area contributed by atoms with Crippen LogP contribution in [0.25, 0.3) is 10.9 Å². The molecule has 4 rings (SSSR count). The van der Waals surface area contributed by atoms with Crippen molar-refractivity contribution in [3.8, 4) is 5.88 Å². The molecule has 0 aliphatic heterocycles. The normalized spacial score (nSPS) is 23.0. The predicted molar refractivity (Wildman–Crippen MR) is 104 cm³/mol. The van der Waals surface area contributed by atoms with Gasteiger partial charge < -0.3 is 19.4 Å². The number of nitrogens with zero attached hydrogens (tertiary/aromatic N) is 2. The average molecular weight is 371 g/mol. The van der Waals surface area contributed by atoms with Crippen LogP contribution >= 0.6 is 0 Å². The Kier molecular flexibility index (Phi) is 5.34. The van der Waals surface area contributed by atoms with Crippen molar-refractivity contribution in [2.24, 2.45) is 11.8 Å². The van der Waals surface area contributed by atoms with Gasteiger partial charge in [-0.2, -0.15) is 0 Å². The maximum absolute atomic E-state index is 11.0. The van der Waals surface area contributed by atoms with Crippen LogP contribution in [0.1, 0.15) is 39.5 Å². The fourth-order valence-corrected chi connectivity index (χ4v) is 3.76. The van der Waals surface area contributed by atoms with Gasteiger partial charge in [0.05, 0.1) is 30.2 Å². The molecule has 1 amide bonds.